The van der Waals surface area contributed by atoms with Crippen molar-refractivity contribution in [2.24, 2.45) is 0 Å². The van der Waals surface area contributed by atoms with Crippen LogP contribution in [0.5, 0.6) is 0 Å². The van der Waals surface area contributed by atoms with Crippen molar-refractivity contribution in [2.45, 2.75) is 6.92 Å². The van der Waals surface area contributed by atoms with Crippen molar-refractivity contribution in [1.82, 2.24) is 5.16 Å². The molecule has 1 aromatic heterocycles. The van der Waals surface area contributed by atoms with Gasteiger partial charge in [0.25, 0.3) is 0 Å². The molecule has 7 heteroatoms. The Balaban J connectivity index is 1.96. The molecule has 0 saturated heterocycles. The van der Waals surface area contributed by atoms with Crippen LogP contribution in [0.4, 0.5) is 10.1 Å². The van der Waals surface area contributed by atoms with Gasteiger partial charge >= 0.3 is 5.97 Å². The van der Waals surface area contributed by atoms with Crippen LogP contribution in [0.2, 0.25) is 5.02 Å². The van der Waals surface area contributed by atoms with Gasteiger partial charge in [0.2, 0.25) is 0 Å². The molecule has 0 amide bonds. The van der Waals surface area contributed by atoms with E-state index in [9.17, 15) is 9.18 Å². The monoisotopic (exact) mass is 386 g/mol. The maximum Gasteiger partial charge on any atom is 0.344 e. The molecule has 0 aliphatic rings. The van der Waals surface area contributed by atoms with E-state index >= 15 is 0 Å². The quantitative estimate of drug-likeness (QED) is 0.602. The van der Waals surface area contributed by atoms with E-state index in [-0.39, 0.29) is 27.6 Å². The molecule has 27 heavy (non-hydrogen) atoms. The van der Waals surface area contributed by atoms with Gasteiger partial charge in [0.05, 0.1) is 17.7 Å². The predicted molar refractivity (Wildman–Crippen MR) is 102 cm³/mol. The summed E-state index contributed by atoms with van der Waals surface area (Å²) in [6, 6.07) is 11.9. The molecule has 1 N–H and O–H groups in total. The van der Waals surface area contributed by atoms with Crippen LogP contribution in [0, 0.1) is 12.7 Å². The number of aromatic nitrogens is 1. The van der Waals surface area contributed by atoms with Crippen LogP contribution in [-0.4, -0.2) is 18.2 Å². The van der Waals surface area contributed by atoms with Gasteiger partial charge < -0.3 is 14.6 Å². The smallest absolute Gasteiger partial charge is 0.344 e. The number of esters is 1. The topological polar surface area (TPSA) is 64.4 Å². The fourth-order valence-electron chi connectivity index (χ4n) is 2.47. The predicted octanol–water partition coefficient (Wildman–Crippen LogP) is 5.31. The second kappa shape index (κ2) is 8.05. The van der Waals surface area contributed by atoms with E-state index in [4.69, 9.17) is 20.9 Å². The number of anilines is 1. The van der Waals surface area contributed by atoms with E-state index in [1.807, 2.05) is 31.2 Å². The minimum Gasteiger partial charge on any atom is -0.465 e. The van der Waals surface area contributed by atoms with Gasteiger partial charge in [0, 0.05) is 18.0 Å². The molecule has 0 fully saturated rings. The summed E-state index contributed by atoms with van der Waals surface area (Å²) in [7, 11) is 1.22. The number of carbonyl (C=O) groups excluding carboxylic acids is 1. The van der Waals surface area contributed by atoms with E-state index in [1.165, 1.54) is 31.4 Å². The average molecular weight is 387 g/mol. The SMILES string of the molecule is COC(=O)c1c(-c2c(F)cccc2Cl)noc1/C=C/Nc1ccc(C)cc1. The number of halogens is 2. The van der Waals surface area contributed by atoms with Crippen LogP contribution in [0.25, 0.3) is 17.3 Å². The van der Waals surface area contributed by atoms with Crippen molar-refractivity contribution >= 4 is 29.3 Å². The maximum atomic E-state index is 14.3. The highest BCUT2D eigenvalue weighted by atomic mass is 35.5. The third-order valence-corrected chi connectivity index (χ3v) is 4.16. The first kappa shape index (κ1) is 18.7. The molecule has 0 aliphatic carbocycles. The molecule has 0 bridgehead atoms. The lowest BCUT2D eigenvalue weighted by Gasteiger charge is -2.04. The lowest BCUT2D eigenvalue weighted by atomic mass is 10.1. The zero-order valence-electron chi connectivity index (χ0n) is 14.6. The van der Waals surface area contributed by atoms with Crippen LogP contribution in [0.15, 0.2) is 53.2 Å². The Hall–Kier alpha value is -3.12. The van der Waals surface area contributed by atoms with Crippen molar-refractivity contribution < 1.29 is 18.4 Å². The number of rotatable bonds is 5. The molecule has 3 aromatic rings. The van der Waals surface area contributed by atoms with E-state index in [0.717, 1.165) is 11.3 Å². The highest BCUT2D eigenvalue weighted by molar-refractivity contribution is 6.33. The standard InChI is InChI=1S/C20H16ClFN2O3/c1-12-6-8-13(9-7-12)23-11-10-16-18(20(25)26-2)19(24-27-16)17-14(21)4-3-5-15(17)22/h3-11,23H,1-2H3/b11-10+. The lowest BCUT2D eigenvalue weighted by molar-refractivity contribution is 0.0600. The minimum atomic E-state index is -0.708. The maximum absolute atomic E-state index is 14.3. The van der Waals surface area contributed by atoms with Crippen molar-refractivity contribution in [3.63, 3.8) is 0 Å². The van der Waals surface area contributed by atoms with E-state index in [0.29, 0.717) is 0 Å². The van der Waals surface area contributed by atoms with E-state index in [1.54, 1.807) is 6.20 Å². The van der Waals surface area contributed by atoms with Gasteiger partial charge in [-0.25, -0.2) is 9.18 Å². The van der Waals surface area contributed by atoms with Gasteiger partial charge in [-0.05, 0) is 31.2 Å². The average Bonchev–Trinajstić information content (AvgIpc) is 3.06. The number of carbonyl (C=O) groups is 1. The fourth-order valence-corrected chi connectivity index (χ4v) is 2.73. The zero-order valence-corrected chi connectivity index (χ0v) is 15.4. The summed E-state index contributed by atoms with van der Waals surface area (Å²) in [6.07, 6.45) is 3.10. The van der Waals surface area contributed by atoms with Crippen LogP contribution in [0.1, 0.15) is 21.7 Å². The van der Waals surface area contributed by atoms with Crippen molar-refractivity contribution in [3.8, 4) is 11.3 Å². The van der Waals surface area contributed by atoms with Crippen molar-refractivity contribution in [1.29, 1.82) is 0 Å². The molecule has 0 aliphatic heterocycles. The second-order valence-corrected chi connectivity index (χ2v) is 6.11. The summed E-state index contributed by atoms with van der Waals surface area (Å²) in [5, 5.41) is 7.00. The minimum absolute atomic E-state index is 0.00791. The lowest BCUT2D eigenvalue weighted by Crippen LogP contribution is -2.04. The Morgan fingerprint density at radius 2 is 2.00 bits per heavy atom. The van der Waals surface area contributed by atoms with Crippen molar-refractivity contribution in [3.05, 3.63) is 76.4 Å². The fraction of sp³-hybridized carbons (Fsp3) is 0.100. The van der Waals surface area contributed by atoms with Crippen LogP contribution in [0.3, 0.4) is 0 Å². The summed E-state index contributed by atoms with van der Waals surface area (Å²) >= 11 is 6.09. The number of ether oxygens (including phenoxy) is 1. The number of nitrogens with one attached hydrogen (secondary N) is 1. The Morgan fingerprint density at radius 3 is 2.67 bits per heavy atom. The summed E-state index contributed by atoms with van der Waals surface area (Å²) in [5.41, 5.74) is 1.95. The molecule has 138 valence electrons. The Bertz CT molecular complexity index is 977. The summed E-state index contributed by atoms with van der Waals surface area (Å²) in [4.78, 5) is 12.2. The first-order valence-corrected chi connectivity index (χ1v) is 8.41. The van der Waals surface area contributed by atoms with Crippen molar-refractivity contribution in [2.75, 3.05) is 12.4 Å². The Kier molecular flexibility index (Phi) is 5.57. The molecule has 0 radical (unpaired) electrons. The third kappa shape index (κ3) is 4.01. The molecule has 2 aromatic carbocycles. The number of benzene rings is 2. The molecule has 0 spiro atoms. The van der Waals surface area contributed by atoms with E-state index in [2.05, 4.69) is 10.5 Å². The molecule has 0 saturated carbocycles. The van der Waals surface area contributed by atoms with Gasteiger partial charge in [0.1, 0.15) is 17.1 Å². The molecule has 1 heterocycles. The number of nitrogens with zero attached hydrogens (tertiary/aromatic N) is 1. The number of methoxy groups -OCH3 is 1. The highest BCUT2D eigenvalue weighted by Crippen LogP contribution is 2.34. The Morgan fingerprint density at radius 1 is 1.26 bits per heavy atom. The third-order valence-electron chi connectivity index (χ3n) is 3.84. The first-order valence-electron chi connectivity index (χ1n) is 8.03. The van der Waals surface area contributed by atoms with Gasteiger partial charge in [0.15, 0.2) is 5.76 Å². The summed E-state index contributed by atoms with van der Waals surface area (Å²) in [6.45, 7) is 1.99. The summed E-state index contributed by atoms with van der Waals surface area (Å²) in [5.74, 6) is -1.20. The first-order chi connectivity index (χ1) is 13.0. The molecular weight excluding hydrogens is 371 g/mol. The van der Waals surface area contributed by atoms with Gasteiger partial charge in [-0.15, -0.1) is 0 Å². The van der Waals surface area contributed by atoms with E-state index < -0.39 is 11.8 Å². The molecular formula is C20H16ClFN2O3. The van der Waals surface area contributed by atoms with Crippen LogP contribution < -0.4 is 5.32 Å². The zero-order chi connectivity index (χ0) is 19.4. The second-order valence-electron chi connectivity index (χ2n) is 5.70. The largest absolute Gasteiger partial charge is 0.465 e. The van der Waals surface area contributed by atoms with Crippen LogP contribution in [-0.2, 0) is 4.74 Å². The number of hydrogen-bond donors (Lipinski definition) is 1. The van der Waals surface area contributed by atoms with Gasteiger partial charge in [-0.3, -0.25) is 0 Å². The molecule has 3 rings (SSSR count). The molecule has 0 atom stereocenters. The Labute approximate surface area is 160 Å². The van der Waals surface area contributed by atoms with Crippen LogP contribution >= 0.6 is 11.6 Å². The van der Waals surface area contributed by atoms with Gasteiger partial charge in [-0.2, -0.15) is 0 Å². The molecule has 0 unspecified atom stereocenters. The number of hydrogen-bond acceptors (Lipinski definition) is 5. The number of aryl methyl sites for hydroxylation is 1. The summed E-state index contributed by atoms with van der Waals surface area (Å²) < 4.78 is 24.3. The normalized spacial score (nSPS) is 11.0. The van der Waals surface area contributed by atoms with Gasteiger partial charge in [-0.1, -0.05) is 40.5 Å². The molecule has 5 nitrogen and oxygen atoms in total. The highest BCUT2D eigenvalue weighted by Gasteiger charge is 2.26.